The van der Waals surface area contributed by atoms with Crippen molar-refractivity contribution in [2.75, 3.05) is 5.32 Å². The lowest BCUT2D eigenvalue weighted by molar-refractivity contribution is -0.376. The number of aromatic nitrogens is 4. The lowest BCUT2D eigenvalue weighted by atomic mass is 9.92. The summed E-state index contributed by atoms with van der Waals surface area (Å²) < 4.78 is 81.4. The van der Waals surface area contributed by atoms with Gasteiger partial charge in [0, 0.05) is 11.3 Å². The number of nitrogens with one attached hydrogen (secondary N) is 1. The summed E-state index contributed by atoms with van der Waals surface area (Å²) in [5.74, 6) is -0.961. The van der Waals surface area contributed by atoms with Gasteiger partial charge in [-0.15, -0.1) is 0 Å². The highest BCUT2D eigenvalue weighted by Gasteiger charge is 2.71. The third kappa shape index (κ3) is 3.07. The van der Waals surface area contributed by atoms with Gasteiger partial charge < -0.3 is 15.5 Å². The topological polar surface area (TPSA) is 117 Å². The van der Waals surface area contributed by atoms with Gasteiger partial charge in [0.2, 0.25) is 11.3 Å². The molecule has 2 heterocycles. The number of rotatable bonds is 3. The van der Waals surface area contributed by atoms with E-state index < -0.39 is 29.4 Å². The van der Waals surface area contributed by atoms with Crippen molar-refractivity contribution in [1.29, 1.82) is 0 Å². The van der Waals surface area contributed by atoms with Crippen LogP contribution in [0.5, 0.6) is 5.88 Å². The molecule has 8 nitrogen and oxygen atoms in total. The smallest absolute Gasteiger partial charge is 0.430 e. The monoisotopic (exact) mass is 395 g/mol. The van der Waals surface area contributed by atoms with Crippen molar-refractivity contribution >= 4 is 22.8 Å². The molecule has 0 spiro atoms. The third-order valence-electron chi connectivity index (χ3n) is 3.48. The molecule has 3 N–H and O–H groups in total. The minimum atomic E-state index is -5.99. The van der Waals surface area contributed by atoms with E-state index in [9.17, 15) is 36.6 Å². The van der Waals surface area contributed by atoms with Crippen LogP contribution in [-0.2, 0) is 5.60 Å². The number of aliphatic hydroxyl groups is 1. The van der Waals surface area contributed by atoms with Gasteiger partial charge in [0.15, 0.2) is 5.82 Å². The number of benzene rings is 1. The van der Waals surface area contributed by atoms with E-state index in [1.165, 1.54) is 0 Å². The molecule has 0 fully saturated rings. The van der Waals surface area contributed by atoms with Crippen LogP contribution in [0.15, 0.2) is 28.9 Å². The van der Waals surface area contributed by atoms with Gasteiger partial charge in [-0.1, -0.05) is 12.1 Å². The Labute approximate surface area is 144 Å². The predicted octanol–water partition coefficient (Wildman–Crippen LogP) is 2.77. The minimum Gasteiger partial charge on any atom is -0.491 e. The number of anilines is 2. The molecular formula is C13H7F6N5O3. The van der Waals surface area contributed by atoms with Crippen LogP contribution in [0, 0.1) is 0 Å². The molecule has 0 saturated heterocycles. The Hall–Kier alpha value is -3.16. The summed E-state index contributed by atoms with van der Waals surface area (Å²) in [7, 11) is 0. The standard InChI is InChI=1S/C13H7F6N5O3/c14-12(15,16)11(26,13(17,18)19)5-1-3-6(4-2-5)20-9-10(25)22-8-7(21-9)23-27-24-8/h1-4,26H,(H,20,21,23)(H,22,24,25). The first-order chi connectivity index (χ1) is 12.4. The third-order valence-corrected chi connectivity index (χ3v) is 3.48. The summed E-state index contributed by atoms with van der Waals surface area (Å²) in [4.78, 5) is 7.36. The van der Waals surface area contributed by atoms with Crippen LogP contribution in [-0.4, -0.2) is 42.8 Å². The molecule has 0 saturated carbocycles. The lowest BCUT2D eigenvalue weighted by Crippen LogP contribution is -2.53. The van der Waals surface area contributed by atoms with E-state index in [0.717, 1.165) is 12.1 Å². The maximum atomic E-state index is 12.8. The average molecular weight is 395 g/mol. The van der Waals surface area contributed by atoms with E-state index >= 15 is 0 Å². The Balaban J connectivity index is 1.93. The molecule has 0 radical (unpaired) electrons. The summed E-state index contributed by atoms with van der Waals surface area (Å²) in [5, 5.41) is 28.1. The fourth-order valence-corrected chi connectivity index (χ4v) is 2.13. The minimum absolute atomic E-state index is 0.0501. The molecule has 144 valence electrons. The largest absolute Gasteiger partial charge is 0.491 e. The fourth-order valence-electron chi connectivity index (χ4n) is 2.13. The lowest BCUT2D eigenvalue weighted by Gasteiger charge is -2.32. The zero-order valence-corrected chi connectivity index (χ0v) is 12.7. The molecule has 0 aliphatic rings. The summed E-state index contributed by atoms with van der Waals surface area (Å²) in [5.41, 5.74) is -6.74. The molecule has 0 amide bonds. The fraction of sp³-hybridized carbons (Fsp3) is 0.231. The molecular weight excluding hydrogens is 388 g/mol. The first kappa shape index (κ1) is 18.6. The number of alkyl halides is 6. The molecule has 3 aromatic rings. The summed E-state index contributed by atoms with van der Waals surface area (Å²) in [6, 6.07) is 2.52. The van der Waals surface area contributed by atoms with Gasteiger partial charge >= 0.3 is 12.4 Å². The maximum Gasteiger partial charge on any atom is 0.430 e. The molecule has 0 aliphatic heterocycles. The van der Waals surface area contributed by atoms with E-state index in [0.29, 0.717) is 12.1 Å². The SMILES string of the molecule is Oc1nc2nonc2nc1Nc1ccc(C(O)(C(F)(F)F)C(F)(F)F)cc1. The van der Waals surface area contributed by atoms with Crippen LogP contribution >= 0.6 is 0 Å². The van der Waals surface area contributed by atoms with Gasteiger partial charge in [-0.2, -0.15) is 36.3 Å². The molecule has 1 aromatic carbocycles. The Bertz CT molecular complexity index is 955. The number of fused-ring (bicyclic) bond motifs is 1. The van der Waals surface area contributed by atoms with Crippen LogP contribution in [0.1, 0.15) is 5.56 Å². The Morgan fingerprint density at radius 3 is 1.89 bits per heavy atom. The van der Waals surface area contributed by atoms with Crippen LogP contribution in [0.4, 0.5) is 37.8 Å². The van der Waals surface area contributed by atoms with Crippen molar-refractivity contribution in [2.24, 2.45) is 0 Å². The molecule has 0 aliphatic carbocycles. The molecule has 0 atom stereocenters. The van der Waals surface area contributed by atoms with Crippen LogP contribution in [0.2, 0.25) is 0 Å². The molecule has 2 aromatic heterocycles. The van der Waals surface area contributed by atoms with Crippen molar-refractivity contribution in [3.63, 3.8) is 0 Å². The second-order valence-corrected chi connectivity index (χ2v) is 5.22. The number of halogens is 6. The number of hydrogen-bond donors (Lipinski definition) is 3. The predicted molar refractivity (Wildman–Crippen MR) is 74.8 cm³/mol. The van der Waals surface area contributed by atoms with Crippen molar-refractivity contribution in [1.82, 2.24) is 20.3 Å². The second kappa shape index (κ2) is 5.94. The molecule has 3 rings (SSSR count). The van der Waals surface area contributed by atoms with E-state index in [-0.39, 0.29) is 22.8 Å². The highest BCUT2D eigenvalue weighted by atomic mass is 19.4. The van der Waals surface area contributed by atoms with E-state index in [1.807, 2.05) is 0 Å². The first-order valence-corrected chi connectivity index (χ1v) is 6.86. The van der Waals surface area contributed by atoms with Gasteiger partial charge in [-0.25, -0.2) is 4.63 Å². The zero-order chi connectivity index (χ0) is 20.0. The summed E-state index contributed by atoms with van der Waals surface area (Å²) in [6.07, 6.45) is -12.0. The van der Waals surface area contributed by atoms with Crippen molar-refractivity contribution in [3.05, 3.63) is 29.8 Å². The highest BCUT2D eigenvalue weighted by Crippen LogP contribution is 2.50. The summed E-state index contributed by atoms with van der Waals surface area (Å²) in [6.45, 7) is 0. The van der Waals surface area contributed by atoms with E-state index in [1.54, 1.807) is 0 Å². The molecule has 27 heavy (non-hydrogen) atoms. The molecule has 14 heteroatoms. The number of hydrogen-bond acceptors (Lipinski definition) is 8. The molecule has 0 bridgehead atoms. The highest BCUT2D eigenvalue weighted by molar-refractivity contribution is 5.71. The van der Waals surface area contributed by atoms with Crippen LogP contribution in [0.25, 0.3) is 11.3 Å². The first-order valence-electron chi connectivity index (χ1n) is 6.86. The second-order valence-electron chi connectivity index (χ2n) is 5.22. The molecule has 0 unspecified atom stereocenters. The van der Waals surface area contributed by atoms with Crippen molar-refractivity contribution < 1.29 is 41.2 Å². The normalized spacial score (nSPS) is 13.1. The Morgan fingerprint density at radius 1 is 0.852 bits per heavy atom. The van der Waals surface area contributed by atoms with Gasteiger partial charge in [-0.3, -0.25) is 0 Å². The van der Waals surface area contributed by atoms with Crippen molar-refractivity contribution in [3.8, 4) is 5.88 Å². The Morgan fingerprint density at radius 2 is 1.37 bits per heavy atom. The van der Waals surface area contributed by atoms with Gasteiger partial charge in [0.25, 0.3) is 11.5 Å². The Kier molecular flexibility index (Phi) is 4.09. The van der Waals surface area contributed by atoms with Crippen LogP contribution < -0.4 is 5.32 Å². The van der Waals surface area contributed by atoms with Gasteiger partial charge in [0.05, 0.1) is 0 Å². The number of aromatic hydroxyl groups is 1. The van der Waals surface area contributed by atoms with Crippen LogP contribution in [0.3, 0.4) is 0 Å². The summed E-state index contributed by atoms with van der Waals surface area (Å²) >= 11 is 0. The van der Waals surface area contributed by atoms with Gasteiger partial charge in [-0.05, 0) is 22.4 Å². The van der Waals surface area contributed by atoms with Crippen molar-refractivity contribution in [2.45, 2.75) is 18.0 Å². The van der Waals surface area contributed by atoms with E-state index in [2.05, 4.69) is 30.2 Å². The quantitative estimate of drug-likeness (QED) is 0.580. The average Bonchev–Trinajstić information content (AvgIpc) is 3.00. The zero-order valence-electron chi connectivity index (χ0n) is 12.7. The van der Waals surface area contributed by atoms with Gasteiger partial charge in [0.1, 0.15) is 0 Å². The maximum absolute atomic E-state index is 12.8. The number of nitrogens with zero attached hydrogens (tertiary/aromatic N) is 4. The van der Waals surface area contributed by atoms with E-state index in [4.69, 9.17) is 0 Å².